The van der Waals surface area contributed by atoms with Gasteiger partial charge in [-0.05, 0) is 38.5 Å². The molecule has 0 aliphatic rings. The lowest BCUT2D eigenvalue weighted by atomic mass is 10.2. The summed E-state index contributed by atoms with van der Waals surface area (Å²) >= 11 is 6.04. The van der Waals surface area contributed by atoms with E-state index < -0.39 is 4.92 Å². The van der Waals surface area contributed by atoms with Gasteiger partial charge in [0.2, 0.25) is 5.91 Å². The standard InChI is InChI=1S/C19H21ClN6O3/c1-12-17(26(28)29)11-24(22-12)8-7-18(27)21-19-13(2)23-25(14(19)3)10-15-5-4-6-16(20)9-15/h4-6,9,11H,7-8,10H2,1-3H3,(H,21,27). The quantitative estimate of drug-likeness (QED) is 0.467. The van der Waals surface area contributed by atoms with E-state index in [1.807, 2.05) is 42.8 Å². The molecule has 9 nitrogen and oxygen atoms in total. The maximum atomic E-state index is 12.4. The number of aryl methyl sites for hydroxylation is 3. The molecule has 152 valence electrons. The molecular formula is C19H21ClN6O3. The van der Waals surface area contributed by atoms with Crippen molar-refractivity contribution in [2.75, 3.05) is 5.32 Å². The van der Waals surface area contributed by atoms with Crippen LogP contribution in [0.2, 0.25) is 5.02 Å². The monoisotopic (exact) mass is 416 g/mol. The molecule has 0 bridgehead atoms. The van der Waals surface area contributed by atoms with Gasteiger partial charge >= 0.3 is 5.69 Å². The number of nitro groups is 1. The van der Waals surface area contributed by atoms with Gasteiger partial charge in [-0.3, -0.25) is 24.3 Å². The van der Waals surface area contributed by atoms with Crippen LogP contribution in [0, 0.1) is 30.9 Å². The molecule has 0 saturated carbocycles. The minimum absolute atomic E-state index is 0.0561. The smallest absolute Gasteiger partial charge is 0.309 e. The Hall–Kier alpha value is -3.20. The number of hydrogen-bond acceptors (Lipinski definition) is 5. The first-order valence-corrected chi connectivity index (χ1v) is 9.39. The molecule has 10 heteroatoms. The Kier molecular flexibility index (Phi) is 5.97. The molecule has 0 fully saturated rings. The fourth-order valence-corrected chi connectivity index (χ4v) is 3.27. The maximum Gasteiger partial charge on any atom is 0.309 e. The van der Waals surface area contributed by atoms with Crippen LogP contribution in [0.5, 0.6) is 0 Å². The number of hydrogen-bond donors (Lipinski definition) is 1. The third-order valence-corrected chi connectivity index (χ3v) is 4.79. The SMILES string of the molecule is Cc1nn(CCC(=O)Nc2c(C)nn(Cc3cccc(Cl)c3)c2C)cc1[N+](=O)[O-]. The highest BCUT2D eigenvalue weighted by molar-refractivity contribution is 6.30. The zero-order valence-electron chi connectivity index (χ0n) is 16.3. The number of aromatic nitrogens is 4. The summed E-state index contributed by atoms with van der Waals surface area (Å²) in [5.41, 5.74) is 3.49. The zero-order chi connectivity index (χ0) is 21.1. The Morgan fingerprint density at radius 1 is 1.24 bits per heavy atom. The molecule has 0 aliphatic carbocycles. The van der Waals surface area contributed by atoms with Crippen LogP contribution < -0.4 is 5.32 Å². The van der Waals surface area contributed by atoms with E-state index in [0.717, 1.165) is 11.3 Å². The summed E-state index contributed by atoms with van der Waals surface area (Å²) in [6, 6.07) is 7.54. The number of amides is 1. The predicted octanol–water partition coefficient (Wildman–Crippen LogP) is 3.64. The number of halogens is 1. The lowest BCUT2D eigenvalue weighted by Gasteiger charge is -2.08. The zero-order valence-corrected chi connectivity index (χ0v) is 17.1. The van der Waals surface area contributed by atoms with Crippen molar-refractivity contribution in [3.05, 3.63) is 68.2 Å². The van der Waals surface area contributed by atoms with Crippen LogP contribution in [0.4, 0.5) is 11.4 Å². The fraction of sp³-hybridized carbons (Fsp3) is 0.316. The second-order valence-electron chi connectivity index (χ2n) is 6.75. The molecule has 2 heterocycles. The van der Waals surface area contributed by atoms with Crippen molar-refractivity contribution in [3.8, 4) is 0 Å². The van der Waals surface area contributed by atoms with Crippen LogP contribution in [-0.2, 0) is 17.9 Å². The van der Waals surface area contributed by atoms with Crippen LogP contribution in [-0.4, -0.2) is 30.4 Å². The number of benzene rings is 1. The topological polar surface area (TPSA) is 108 Å². The second kappa shape index (κ2) is 8.44. The molecule has 3 rings (SSSR count). The average Bonchev–Trinajstić information content (AvgIpc) is 3.15. The van der Waals surface area contributed by atoms with Gasteiger partial charge in [0.05, 0.1) is 28.5 Å². The van der Waals surface area contributed by atoms with E-state index in [2.05, 4.69) is 15.5 Å². The largest absolute Gasteiger partial charge is 0.323 e. The molecule has 2 aromatic heterocycles. The van der Waals surface area contributed by atoms with Crippen LogP contribution in [0.1, 0.15) is 29.1 Å². The van der Waals surface area contributed by atoms with Gasteiger partial charge in [0, 0.05) is 18.0 Å². The first kappa shape index (κ1) is 20.5. The van der Waals surface area contributed by atoms with Crippen LogP contribution in [0.3, 0.4) is 0 Å². The Bertz CT molecular complexity index is 1070. The molecular weight excluding hydrogens is 396 g/mol. The predicted molar refractivity (Wildman–Crippen MR) is 109 cm³/mol. The number of carbonyl (C=O) groups is 1. The fourth-order valence-electron chi connectivity index (χ4n) is 3.06. The van der Waals surface area contributed by atoms with Crippen molar-refractivity contribution in [3.63, 3.8) is 0 Å². The van der Waals surface area contributed by atoms with E-state index in [4.69, 9.17) is 11.6 Å². The summed E-state index contributed by atoms with van der Waals surface area (Å²) < 4.78 is 3.23. The summed E-state index contributed by atoms with van der Waals surface area (Å²) in [4.78, 5) is 22.8. The van der Waals surface area contributed by atoms with E-state index in [0.29, 0.717) is 28.6 Å². The van der Waals surface area contributed by atoms with Gasteiger partial charge in [-0.25, -0.2) is 0 Å². The van der Waals surface area contributed by atoms with Crippen LogP contribution in [0.15, 0.2) is 30.5 Å². The number of nitrogens with one attached hydrogen (secondary N) is 1. The van der Waals surface area contributed by atoms with E-state index in [1.165, 1.54) is 10.9 Å². The minimum atomic E-state index is -0.486. The highest BCUT2D eigenvalue weighted by Gasteiger charge is 2.17. The van der Waals surface area contributed by atoms with E-state index in [1.54, 1.807) is 6.92 Å². The molecule has 1 aromatic carbocycles. The van der Waals surface area contributed by atoms with Gasteiger partial charge in [-0.1, -0.05) is 23.7 Å². The van der Waals surface area contributed by atoms with E-state index in [-0.39, 0.29) is 24.6 Å². The summed E-state index contributed by atoms with van der Waals surface area (Å²) in [6.07, 6.45) is 1.47. The van der Waals surface area contributed by atoms with Gasteiger partial charge in [0.25, 0.3) is 0 Å². The Labute approximate surface area is 172 Å². The molecule has 1 amide bonds. The first-order chi connectivity index (χ1) is 13.7. The van der Waals surface area contributed by atoms with Crippen molar-refractivity contribution in [2.24, 2.45) is 0 Å². The van der Waals surface area contributed by atoms with Gasteiger partial charge in [-0.15, -0.1) is 0 Å². The molecule has 0 spiro atoms. The summed E-state index contributed by atoms with van der Waals surface area (Å²) in [6.45, 7) is 6.07. The van der Waals surface area contributed by atoms with Crippen molar-refractivity contribution in [2.45, 2.75) is 40.3 Å². The maximum absolute atomic E-state index is 12.4. The molecule has 0 aliphatic heterocycles. The third-order valence-electron chi connectivity index (χ3n) is 4.55. The molecule has 1 N–H and O–H groups in total. The third kappa shape index (κ3) is 4.80. The molecule has 29 heavy (non-hydrogen) atoms. The Morgan fingerprint density at radius 2 is 2.00 bits per heavy atom. The number of rotatable bonds is 7. The Morgan fingerprint density at radius 3 is 2.66 bits per heavy atom. The lowest BCUT2D eigenvalue weighted by Crippen LogP contribution is -2.16. The molecule has 0 saturated heterocycles. The average molecular weight is 417 g/mol. The molecule has 0 unspecified atom stereocenters. The van der Waals surface area contributed by atoms with Gasteiger partial charge in [0.1, 0.15) is 11.9 Å². The van der Waals surface area contributed by atoms with Crippen molar-refractivity contribution in [1.82, 2.24) is 19.6 Å². The van der Waals surface area contributed by atoms with Crippen molar-refractivity contribution >= 4 is 28.9 Å². The van der Waals surface area contributed by atoms with Crippen LogP contribution in [0.25, 0.3) is 0 Å². The minimum Gasteiger partial charge on any atom is -0.323 e. The Balaban J connectivity index is 1.65. The number of anilines is 1. The molecule has 0 radical (unpaired) electrons. The van der Waals surface area contributed by atoms with Gasteiger partial charge in [-0.2, -0.15) is 10.2 Å². The van der Waals surface area contributed by atoms with Crippen LogP contribution >= 0.6 is 11.6 Å². The highest BCUT2D eigenvalue weighted by atomic mass is 35.5. The summed E-state index contributed by atoms with van der Waals surface area (Å²) in [5, 5.41) is 23.0. The van der Waals surface area contributed by atoms with Gasteiger partial charge in [0.15, 0.2) is 0 Å². The van der Waals surface area contributed by atoms with Gasteiger partial charge < -0.3 is 5.32 Å². The van der Waals surface area contributed by atoms with Crippen molar-refractivity contribution < 1.29 is 9.72 Å². The summed E-state index contributed by atoms with van der Waals surface area (Å²) in [7, 11) is 0. The van der Waals surface area contributed by atoms with E-state index in [9.17, 15) is 14.9 Å². The molecule has 3 aromatic rings. The first-order valence-electron chi connectivity index (χ1n) is 9.01. The summed E-state index contributed by atoms with van der Waals surface area (Å²) in [5.74, 6) is -0.214. The number of carbonyl (C=O) groups excluding carboxylic acids is 1. The normalized spacial score (nSPS) is 10.9. The van der Waals surface area contributed by atoms with Crippen molar-refractivity contribution in [1.29, 1.82) is 0 Å². The second-order valence-corrected chi connectivity index (χ2v) is 7.19. The lowest BCUT2D eigenvalue weighted by molar-refractivity contribution is -0.385. The highest BCUT2D eigenvalue weighted by Crippen LogP contribution is 2.22. The van der Waals surface area contributed by atoms with E-state index >= 15 is 0 Å². The molecule has 0 atom stereocenters. The number of nitrogens with zero attached hydrogens (tertiary/aromatic N) is 5.